The summed E-state index contributed by atoms with van der Waals surface area (Å²) in [5.74, 6) is -0.499. The summed E-state index contributed by atoms with van der Waals surface area (Å²) in [7, 11) is 0. The topological polar surface area (TPSA) is 74.6 Å². The van der Waals surface area contributed by atoms with Crippen LogP contribution in [-0.2, 0) is 9.53 Å². The number of ketones is 1. The van der Waals surface area contributed by atoms with Crippen LogP contribution < -0.4 is 4.74 Å². The molecule has 0 N–H and O–H groups in total. The number of benzene rings is 2. The Labute approximate surface area is 182 Å². The molecule has 6 nitrogen and oxygen atoms in total. The summed E-state index contributed by atoms with van der Waals surface area (Å²) in [4.78, 5) is 35.2. The fourth-order valence-electron chi connectivity index (χ4n) is 3.08. The van der Waals surface area contributed by atoms with Crippen LogP contribution in [0.25, 0.3) is 5.69 Å². The molecule has 0 atom stereocenters. The van der Waals surface area contributed by atoms with Crippen molar-refractivity contribution < 1.29 is 23.9 Å². The van der Waals surface area contributed by atoms with Gasteiger partial charge < -0.3 is 14.0 Å². The van der Waals surface area contributed by atoms with E-state index in [-0.39, 0.29) is 19.0 Å². The Morgan fingerprint density at radius 1 is 1.00 bits per heavy atom. The van der Waals surface area contributed by atoms with Gasteiger partial charge in [0.15, 0.2) is 13.2 Å². The van der Waals surface area contributed by atoms with Crippen molar-refractivity contribution in [3.8, 4) is 11.4 Å². The molecule has 0 spiro atoms. The van der Waals surface area contributed by atoms with Gasteiger partial charge >= 0.3 is 5.97 Å². The summed E-state index contributed by atoms with van der Waals surface area (Å²) < 4.78 is 13.3. The first-order valence-corrected chi connectivity index (χ1v) is 10.00. The highest BCUT2D eigenvalue weighted by atomic mass is 79.9. The quantitative estimate of drug-likeness (QED) is 0.276. The van der Waals surface area contributed by atoms with Gasteiger partial charge in [-0.15, -0.1) is 0 Å². The largest absolute Gasteiger partial charge is 0.482 e. The van der Waals surface area contributed by atoms with Crippen LogP contribution in [0.15, 0.2) is 59.1 Å². The summed E-state index contributed by atoms with van der Waals surface area (Å²) in [5, 5.41) is 0. The summed E-state index contributed by atoms with van der Waals surface area (Å²) in [6, 6.07) is 15.9. The van der Waals surface area contributed by atoms with Gasteiger partial charge in [-0.05, 0) is 68.4 Å². The minimum Gasteiger partial charge on any atom is -0.482 e. The summed E-state index contributed by atoms with van der Waals surface area (Å²) >= 11 is 3.42. The molecule has 30 heavy (non-hydrogen) atoms. The fraction of sp³-hybridized carbons (Fsp3) is 0.174. The van der Waals surface area contributed by atoms with E-state index in [0.717, 1.165) is 27.8 Å². The number of aryl methyl sites for hydroxylation is 1. The molecule has 0 amide bonds. The Morgan fingerprint density at radius 3 is 2.30 bits per heavy atom. The molecule has 0 aliphatic rings. The van der Waals surface area contributed by atoms with Crippen LogP contribution in [0.2, 0.25) is 0 Å². The number of carbonyl (C=O) groups is 3. The lowest BCUT2D eigenvalue weighted by Gasteiger charge is -2.10. The van der Waals surface area contributed by atoms with Crippen LogP contribution in [0.4, 0.5) is 0 Å². The predicted molar refractivity (Wildman–Crippen MR) is 116 cm³/mol. The third kappa shape index (κ3) is 5.04. The van der Waals surface area contributed by atoms with Gasteiger partial charge in [0.2, 0.25) is 5.78 Å². The molecule has 2 aromatic carbocycles. The minimum absolute atomic E-state index is 0.282. The Hall–Kier alpha value is -3.19. The molecule has 0 radical (unpaired) electrons. The average Bonchev–Trinajstić information content (AvgIpc) is 3.05. The SMILES string of the molecule is Cc1cc(C(=O)COC(=O)COc2ccc(C=O)cc2)c(C)n1-c1ccc(Br)cc1. The molecule has 1 heterocycles. The standard InChI is InChI=1S/C23H20BrNO5/c1-15-11-21(16(2)25(15)19-7-5-18(24)6-8-19)22(27)13-30-23(28)14-29-20-9-3-17(12-26)4-10-20/h3-12H,13-14H2,1-2H3. The van der Waals surface area contributed by atoms with Gasteiger partial charge in [0, 0.05) is 32.7 Å². The van der Waals surface area contributed by atoms with E-state index in [1.54, 1.807) is 30.3 Å². The third-order valence-corrected chi connectivity index (χ3v) is 5.08. The van der Waals surface area contributed by atoms with Gasteiger partial charge in [0.25, 0.3) is 0 Å². The van der Waals surface area contributed by atoms with Gasteiger partial charge in [-0.3, -0.25) is 9.59 Å². The zero-order valence-electron chi connectivity index (χ0n) is 16.6. The summed E-state index contributed by atoms with van der Waals surface area (Å²) in [6.45, 7) is 3.08. The number of hydrogen-bond donors (Lipinski definition) is 0. The van der Waals surface area contributed by atoms with Gasteiger partial charge in [-0.1, -0.05) is 15.9 Å². The monoisotopic (exact) mass is 469 g/mol. The predicted octanol–water partition coefficient (Wildman–Crippen LogP) is 4.47. The molecular formula is C23H20BrNO5. The normalized spacial score (nSPS) is 10.5. The number of esters is 1. The second kappa shape index (κ2) is 9.54. The zero-order chi connectivity index (χ0) is 21.7. The highest BCUT2D eigenvalue weighted by Crippen LogP contribution is 2.23. The first kappa shape index (κ1) is 21.5. The number of nitrogens with zero attached hydrogens (tertiary/aromatic N) is 1. The molecule has 3 aromatic rings. The van der Waals surface area contributed by atoms with E-state index in [1.165, 1.54) is 0 Å². The molecule has 0 aliphatic heterocycles. The first-order chi connectivity index (χ1) is 14.4. The van der Waals surface area contributed by atoms with Gasteiger partial charge in [-0.2, -0.15) is 0 Å². The second-order valence-corrected chi connectivity index (χ2v) is 7.57. The van der Waals surface area contributed by atoms with Crippen LogP contribution >= 0.6 is 15.9 Å². The Morgan fingerprint density at radius 2 is 1.67 bits per heavy atom. The maximum atomic E-state index is 12.6. The summed E-state index contributed by atoms with van der Waals surface area (Å²) in [5.41, 5.74) is 3.65. The van der Waals surface area contributed by atoms with Crippen molar-refractivity contribution in [2.24, 2.45) is 0 Å². The van der Waals surface area contributed by atoms with Crippen LogP contribution in [0.5, 0.6) is 5.75 Å². The molecule has 0 bridgehead atoms. The van der Waals surface area contributed by atoms with E-state index in [2.05, 4.69) is 15.9 Å². The van der Waals surface area contributed by atoms with E-state index in [1.807, 2.05) is 42.7 Å². The number of carbonyl (C=O) groups excluding carboxylic acids is 3. The average molecular weight is 470 g/mol. The lowest BCUT2D eigenvalue weighted by Crippen LogP contribution is -2.19. The van der Waals surface area contributed by atoms with Crippen molar-refractivity contribution in [2.45, 2.75) is 13.8 Å². The highest BCUT2D eigenvalue weighted by molar-refractivity contribution is 9.10. The molecule has 0 aliphatic carbocycles. The van der Waals surface area contributed by atoms with Crippen LogP contribution in [-0.4, -0.2) is 35.8 Å². The van der Waals surface area contributed by atoms with Crippen LogP contribution in [0.3, 0.4) is 0 Å². The number of aldehydes is 1. The third-order valence-electron chi connectivity index (χ3n) is 4.55. The van der Waals surface area contributed by atoms with Crippen molar-refractivity contribution in [3.63, 3.8) is 0 Å². The van der Waals surface area contributed by atoms with E-state index < -0.39 is 5.97 Å². The van der Waals surface area contributed by atoms with Crippen molar-refractivity contribution in [2.75, 3.05) is 13.2 Å². The van der Waals surface area contributed by atoms with E-state index >= 15 is 0 Å². The molecule has 3 rings (SSSR count). The lowest BCUT2D eigenvalue weighted by molar-refractivity contribution is -0.144. The molecule has 154 valence electrons. The zero-order valence-corrected chi connectivity index (χ0v) is 18.1. The molecule has 7 heteroatoms. The first-order valence-electron chi connectivity index (χ1n) is 9.21. The fourth-order valence-corrected chi connectivity index (χ4v) is 3.35. The van der Waals surface area contributed by atoms with Crippen molar-refractivity contribution >= 4 is 34.0 Å². The number of halogens is 1. The number of aromatic nitrogens is 1. The minimum atomic E-state index is -0.649. The Balaban J connectivity index is 1.59. The summed E-state index contributed by atoms with van der Waals surface area (Å²) in [6.07, 6.45) is 0.720. The van der Waals surface area contributed by atoms with Crippen molar-refractivity contribution in [1.82, 2.24) is 4.57 Å². The van der Waals surface area contributed by atoms with Crippen LogP contribution in [0, 0.1) is 13.8 Å². The van der Waals surface area contributed by atoms with E-state index in [9.17, 15) is 14.4 Å². The highest BCUT2D eigenvalue weighted by Gasteiger charge is 2.18. The van der Waals surface area contributed by atoms with Crippen LogP contribution in [0.1, 0.15) is 32.1 Å². The maximum Gasteiger partial charge on any atom is 0.344 e. The molecule has 0 unspecified atom stereocenters. The second-order valence-electron chi connectivity index (χ2n) is 6.66. The molecule has 0 fully saturated rings. The Kier molecular flexibility index (Phi) is 6.84. The van der Waals surface area contributed by atoms with E-state index in [4.69, 9.17) is 9.47 Å². The molecule has 1 aromatic heterocycles. The number of Topliss-reactive ketones (excluding diaryl/α,β-unsaturated/α-hetero) is 1. The van der Waals surface area contributed by atoms with Gasteiger partial charge in [0.05, 0.1) is 0 Å². The van der Waals surface area contributed by atoms with Crippen molar-refractivity contribution in [3.05, 3.63) is 81.6 Å². The number of rotatable bonds is 8. The lowest BCUT2D eigenvalue weighted by atomic mass is 10.1. The number of ether oxygens (including phenoxy) is 2. The Bertz CT molecular complexity index is 1070. The van der Waals surface area contributed by atoms with Gasteiger partial charge in [0.1, 0.15) is 12.0 Å². The van der Waals surface area contributed by atoms with E-state index in [0.29, 0.717) is 16.9 Å². The smallest absolute Gasteiger partial charge is 0.344 e. The molecule has 0 saturated carbocycles. The van der Waals surface area contributed by atoms with Gasteiger partial charge in [-0.25, -0.2) is 4.79 Å². The molecular weight excluding hydrogens is 450 g/mol. The maximum absolute atomic E-state index is 12.6. The molecule has 0 saturated heterocycles. The number of hydrogen-bond acceptors (Lipinski definition) is 5. The van der Waals surface area contributed by atoms with Crippen molar-refractivity contribution in [1.29, 1.82) is 0 Å².